The van der Waals surface area contributed by atoms with Gasteiger partial charge in [0.25, 0.3) is 5.91 Å². The van der Waals surface area contributed by atoms with Crippen LogP contribution < -0.4 is 9.47 Å². The van der Waals surface area contributed by atoms with E-state index in [1.165, 1.54) is 0 Å². The smallest absolute Gasteiger partial charge is 0.307 e. The molecule has 0 aliphatic rings. The zero-order valence-electron chi connectivity index (χ0n) is 16.7. The highest BCUT2D eigenvalue weighted by Gasteiger charge is 2.16. The third kappa shape index (κ3) is 9.84. The number of carbonyl (C=O) groups is 2. The van der Waals surface area contributed by atoms with Gasteiger partial charge in [0.15, 0.2) is 6.61 Å². The summed E-state index contributed by atoms with van der Waals surface area (Å²) in [5, 5.41) is 0. The van der Waals surface area contributed by atoms with Crippen molar-refractivity contribution in [1.82, 2.24) is 4.90 Å². The summed E-state index contributed by atoms with van der Waals surface area (Å²) in [6, 6.07) is 7.07. The van der Waals surface area contributed by atoms with Crippen LogP contribution in [0, 0.1) is 0 Å². The molecule has 0 saturated heterocycles. The second kappa shape index (κ2) is 13.0. The second-order valence-corrected chi connectivity index (χ2v) is 6.18. The van der Waals surface area contributed by atoms with Gasteiger partial charge in [-0.3, -0.25) is 9.59 Å². The lowest BCUT2D eigenvalue weighted by atomic mass is 10.3. The van der Waals surface area contributed by atoms with E-state index in [1.807, 2.05) is 13.8 Å². The first-order valence-electron chi connectivity index (χ1n) is 9.28. The molecule has 0 atom stereocenters. The molecular weight excluding hydrogens is 350 g/mol. The highest BCUT2D eigenvalue weighted by Crippen LogP contribution is 2.18. The Morgan fingerprint density at radius 3 is 2.56 bits per heavy atom. The summed E-state index contributed by atoms with van der Waals surface area (Å²) in [4.78, 5) is 25.8. The number of esters is 1. The number of rotatable bonds is 13. The van der Waals surface area contributed by atoms with E-state index < -0.39 is 0 Å². The Morgan fingerprint density at radius 2 is 1.89 bits per heavy atom. The monoisotopic (exact) mass is 381 g/mol. The Morgan fingerprint density at radius 1 is 1.15 bits per heavy atom. The third-order valence-electron chi connectivity index (χ3n) is 3.67. The number of amides is 1. The summed E-state index contributed by atoms with van der Waals surface area (Å²) in [5.41, 5.74) is 0. The van der Waals surface area contributed by atoms with Crippen molar-refractivity contribution in [2.75, 3.05) is 40.0 Å². The van der Waals surface area contributed by atoms with Gasteiger partial charge in [0.05, 0.1) is 26.2 Å². The summed E-state index contributed by atoms with van der Waals surface area (Å²) in [7, 11) is 1.57. The molecule has 1 aromatic rings. The maximum atomic E-state index is 12.5. The van der Waals surface area contributed by atoms with E-state index in [2.05, 4.69) is 0 Å². The lowest BCUT2D eigenvalue weighted by Gasteiger charge is -2.23. The summed E-state index contributed by atoms with van der Waals surface area (Å²) in [5.74, 6) is 0.704. The molecule has 1 rings (SSSR count). The SMILES string of the molecule is CCOC(=O)CCN(CCCOC(C)C)C(=O)COc1cccc(OC)c1. The van der Waals surface area contributed by atoms with Crippen molar-refractivity contribution in [2.24, 2.45) is 0 Å². The minimum atomic E-state index is -0.317. The van der Waals surface area contributed by atoms with Crippen LogP contribution in [0.4, 0.5) is 0 Å². The fourth-order valence-electron chi connectivity index (χ4n) is 2.32. The van der Waals surface area contributed by atoms with Gasteiger partial charge in [0, 0.05) is 25.8 Å². The van der Waals surface area contributed by atoms with Gasteiger partial charge in [0.1, 0.15) is 11.5 Å². The van der Waals surface area contributed by atoms with Gasteiger partial charge in [-0.1, -0.05) is 6.07 Å². The summed E-state index contributed by atoms with van der Waals surface area (Å²) in [6.45, 7) is 7.24. The van der Waals surface area contributed by atoms with E-state index in [-0.39, 0.29) is 31.0 Å². The lowest BCUT2D eigenvalue weighted by molar-refractivity contribution is -0.144. The summed E-state index contributed by atoms with van der Waals surface area (Å²) < 4.78 is 21.2. The lowest BCUT2D eigenvalue weighted by Crippen LogP contribution is -2.38. The molecule has 0 radical (unpaired) electrons. The maximum Gasteiger partial charge on any atom is 0.307 e. The summed E-state index contributed by atoms with van der Waals surface area (Å²) in [6.07, 6.45) is 0.987. The largest absolute Gasteiger partial charge is 0.497 e. The maximum absolute atomic E-state index is 12.5. The Balaban J connectivity index is 2.56. The van der Waals surface area contributed by atoms with Gasteiger partial charge >= 0.3 is 5.97 Å². The zero-order valence-corrected chi connectivity index (χ0v) is 16.7. The number of benzene rings is 1. The molecule has 1 amide bonds. The van der Waals surface area contributed by atoms with E-state index >= 15 is 0 Å². The number of hydrogen-bond acceptors (Lipinski definition) is 6. The van der Waals surface area contributed by atoms with Crippen LogP contribution in [-0.2, 0) is 19.1 Å². The molecule has 0 unspecified atom stereocenters. The molecule has 27 heavy (non-hydrogen) atoms. The van der Waals surface area contributed by atoms with Gasteiger partial charge in [-0.25, -0.2) is 0 Å². The van der Waals surface area contributed by atoms with Crippen molar-refractivity contribution in [2.45, 2.75) is 39.7 Å². The van der Waals surface area contributed by atoms with Crippen LogP contribution in [0.1, 0.15) is 33.6 Å². The first-order valence-corrected chi connectivity index (χ1v) is 9.28. The molecule has 1 aromatic carbocycles. The molecule has 0 aliphatic heterocycles. The van der Waals surface area contributed by atoms with Crippen molar-refractivity contribution in [3.63, 3.8) is 0 Å². The van der Waals surface area contributed by atoms with Gasteiger partial charge in [0.2, 0.25) is 0 Å². The number of nitrogens with zero attached hydrogens (tertiary/aromatic N) is 1. The zero-order chi connectivity index (χ0) is 20.1. The predicted molar refractivity (Wildman–Crippen MR) is 102 cm³/mol. The normalized spacial score (nSPS) is 10.6. The van der Waals surface area contributed by atoms with Gasteiger partial charge < -0.3 is 23.8 Å². The molecule has 0 fully saturated rings. The van der Waals surface area contributed by atoms with Crippen LogP contribution in [0.15, 0.2) is 24.3 Å². The fourth-order valence-corrected chi connectivity index (χ4v) is 2.32. The molecular formula is C20H31NO6. The average molecular weight is 381 g/mol. The quantitative estimate of drug-likeness (QED) is 0.386. The second-order valence-electron chi connectivity index (χ2n) is 6.18. The first kappa shape index (κ1) is 22.8. The van der Waals surface area contributed by atoms with E-state index in [0.717, 1.165) is 0 Å². The fraction of sp³-hybridized carbons (Fsp3) is 0.600. The van der Waals surface area contributed by atoms with E-state index in [4.69, 9.17) is 18.9 Å². The standard InChI is InChI=1S/C20H31NO6/c1-5-25-20(23)10-12-21(11-7-13-26-16(2)3)19(22)15-27-18-9-6-8-17(14-18)24-4/h6,8-9,14,16H,5,7,10-13,15H2,1-4H3. The van der Waals surface area contributed by atoms with E-state index in [9.17, 15) is 9.59 Å². The number of carbonyl (C=O) groups excluding carboxylic acids is 2. The predicted octanol–water partition coefficient (Wildman–Crippen LogP) is 2.67. The topological polar surface area (TPSA) is 74.3 Å². The molecule has 0 bridgehead atoms. The third-order valence-corrected chi connectivity index (χ3v) is 3.67. The van der Waals surface area contributed by atoms with Crippen LogP contribution >= 0.6 is 0 Å². The molecule has 7 heteroatoms. The molecule has 0 spiro atoms. The molecule has 7 nitrogen and oxygen atoms in total. The van der Waals surface area contributed by atoms with Crippen LogP contribution in [-0.4, -0.2) is 62.9 Å². The molecule has 0 N–H and O–H groups in total. The van der Waals surface area contributed by atoms with E-state index in [0.29, 0.717) is 44.2 Å². The Labute approximate surface area is 161 Å². The van der Waals surface area contributed by atoms with Crippen molar-refractivity contribution in [1.29, 1.82) is 0 Å². The molecule has 0 saturated carbocycles. The Kier molecular flexibility index (Phi) is 10.9. The van der Waals surface area contributed by atoms with Gasteiger partial charge in [-0.15, -0.1) is 0 Å². The van der Waals surface area contributed by atoms with Crippen molar-refractivity contribution < 1.29 is 28.5 Å². The highest BCUT2D eigenvalue weighted by molar-refractivity contribution is 5.78. The van der Waals surface area contributed by atoms with Crippen molar-refractivity contribution >= 4 is 11.9 Å². The molecule has 0 aliphatic carbocycles. The van der Waals surface area contributed by atoms with E-state index in [1.54, 1.807) is 43.2 Å². The Bertz CT molecular complexity index is 575. The Hall–Kier alpha value is -2.28. The first-order chi connectivity index (χ1) is 13.0. The van der Waals surface area contributed by atoms with Crippen LogP contribution in [0.5, 0.6) is 11.5 Å². The molecule has 0 heterocycles. The molecule has 0 aromatic heterocycles. The van der Waals surface area contributed by atoms with Crippen LogP contribution in [0.3, 0.4) is 0 Å². The van der Waals surface area contributed by atoms with Gasteiger partial charge in [-0.2, -0.15) is 0 Å². The average Bonchev–Trinajstić information content (AvgIpc) is 2.65. The van der Waals surface area contributed by atoms with Crippen LogP contribution in [0.25, 0.3) is 0 Å². The van der Waals surface area contributed by atoms with Crippen LogP contribution in [0.2, 0.25) is 0 Å². The summed E-state index contributed by atoms with van der Waals surface area (Å²) >= 11 is 0. The molecule has 152 valence electrons. The van der Waals surface area contributed by atoms with Gasteiger partial charge in [-0.05, 0) is 39.3 Å². The van der Waals surface area contributed by atoms with Crippen molar-refractivity contribution in [3.05, 3.63) is 24.3 Å². The number of hydrogen-bond donors (Lipinski definition) is 0. The van der Waals surface area contributed by atoms with Crippen molar-refractivity contribution in [3.8, 4) is 11.5 Å². The highest BCUT2D eigenvalue weighted by atomic mass is 16.5. The number of ether oxygens (including phenoxy) is 4. The minimum absolute atomic E-state index is 0.110. The minimum Gasteiger partial charge on any atom is -0.497 e. The number of methoxy groups -OCH3 is 1.